The van der Waals surface area contributed by atoms with Crippen molar-refractivity contribution in [3.05, 3.63) is 30.0 Å². The molecule has 0 radical (unpaired) electrons. The molecule has 2 aromatic heterocycles. The van der Waals surface area contributed by atoms with Gasteiger partial charge in [0.1, 0.15) is 17.7 Å². The van der Waals surface area contributed by atoms with Crippen molar-refractivity contribution in [3.8, 4) is 11.9 Å². The van der Waals surface area contributed by atoms with E-state index >= 15 is 0 Å². The van der Waals surface area contributed by atoms with Gasteiger partial charge in [0.15, 0.2) is 0 Å². The second kappa shape index (κ2) is 4.16. The van der Waals surface area contributed by atoms with Gasteiger partial charge in [-0.2, -0.15) is 4.98 Å². The number of aromatic nitrogens is 4. The van der Waals surface area contributed by atoms with Crippen LogP contribution < -0.4 is 4.74 Å². The third-order valence-electron chi connectivity index (χ3n) is 1.81. The first-order chi connectivity index (χ1) is 8.06. The van der Waals surface area contributed by atoms with Gasteiger partial charge in [0, 0.05) is 7.05 Å². The maximum atomic E-state index is 12.8. The Bertz CT molecular complexity index is 569. The van der Waals surface area contributed by atoms with Crippen LogP contribution in [-0.4, -0.2) is 30.8 Å². The first-order valence-electron chi connectivity index (χ1n) is 4.48. The summed E-state index contributed by atoms with van der Waals surface area (Å²) in [6, 6.07) is 0.752. The number of hydrogen-bond acceptors (Lipinski definition) is 5. The number of halogens is 1. The van der Waals surface area contributed by atoms with Crippen molar-refractivity contribution in [2.24, 2.45) is 7.05 Å². The van der Waals surface area contributed by atoms with E-state index in [1.807, 2.05) is 0 Å². The van der Waals surface area contributed by atoms with Crippen LogP contribution in [0.3, 0.4) is 0 Å². The van der Waals surface area contributed by atoms with Crippen LogP contribution >= 0.6 is 0 Å². The van der Waals surface area contributed by atoms with Crippen LogP contribution in [0.25, 0.3) is 0 Å². The van der Waals surface area contributed by atoms with Crippen LogP contribution in [0.4, 0.5) is 4.39 Å². The van der Waals surface area contributed by atoms with E-state index in [1.54, 1.807) is 7.05 Å². The Hall–Kier alpha value is -2.51. The molecule has 17 heavy (non-hydrogen) atoms. The molecule has 0 spiro atoms. The quantitative estimate of drug-likeness (QED) is 0.852. The van der Waals surface area contributed by atoms with Gasteiger partial charge < -0.3 is 9.84 Å². The van der Waals surface area contributed by atoms with E-state index in [2.05, 4.69) is 15.1 Å². The third kappa shape index (κ3) is 2.36. The Balaban J connectivity index is 2.35. The molecule has 0 fully saturated rings. The van der Waals surface area contributed by atoms with Gasteiger partial charge in [-0.15, -0.1) is 5.10 Å². The van der Waals surface area contributed by atoms with Crippen molar-refractivity contribution >= 4 is 5.97 Å². The lowest BCUT2D eigenvalue weighted by atomic mass is 10.3. The predicted octanol–water partition coefficient (Wildman–Crippen LogP) is 0.840. The topological polar surface area (TPSA) is 90.1 Å². The minimum Gasteiger partial charge on any atom is -0.477 e. The van der Waals surface area contributed by atoms with Gasteiger partial charge in [0.05, 0.1) is 6.20 Å². The van der Waals surface area contributed by atoms with Gasteiger partial charge in [0.25, 0.3) is 0 Å². The number of nitrogens with zero attached hydrogens (tertiary/aromatic N) is 4. The second-order valence-corrected chi connectivity index (χ2v) is 3.11. The molecule has 0 saturated heterocycles. The monoisotopic (exact) mass is 238 g/mol. The normalized spacial score (nSPS) is 10.2. The van der Waals surface area contributed by atoms with E-state index in [9.17, 15) is 9.18 Å². The fourth-order valence-electron chi connectivity index (χ4n) is 1.11. The number of pyridine rings is 1. The van der Waals surface area contributed by atoms with E-state index in [4.69, 9.17) is 9.84 Å². The lowest BCUT2D eigenvalue weighted by Crippen LogP contribution is -2.03. The summed E-state index contributed by atoms with van der Waals surface area (Å²) < 4.78 is 19.3. The highest BCUT2D eigenvalue weighted by atomic mass is 19.1. The molecular weight excluding hydrogens is 231 g/mol. The van der Waals surface area contributed by atoms with E-state index in [-0.39, 0.29) is 11.9 Å². The highest BCUT2D eigenvalue weighted by molar-refractivity contribution is 5.90. The molecule has 0 bridgehead atoms. The van der Waals surface area contributed by atoms with Crippen LogP contribution in [0.1, 0.15) is 10.4 Å². The van der Waals surface area contributed by atoms with Crippen LogP contribution in [0, 0.1) is 5.82 Å². The van der Waals surface area contributed by atoms with Gasteiger partial charge >= 0.3 is 12.0 Å². The number of carbonyl (C=O) groups is 1. The van der Waals surface area contributed by atoms with Crippen molar-refractivity contribution < 1.29 is 19.0 Å². The molecule has 0 aliphatic heterocycles. The summed E-state index contributed by atoms with van der Waals surface area (Å²) in [5.74, 6) is -2.36. The summed E-state index contributed by atoms with van der Waals surface area (Å²) in [6.45, 7) is 0. The van der Waals surface area contributed by atoms with E-state index in [0.717, 1.165) is 12.3 Å². The van der Waals surface area contributed by atoms with Crippen molar-refractivity contribution in [2.45, 2.75) is 0 Å². The average Bonchev–Trinajstić information content (AvgIpc) is 2.66. The average molecular weight is 238 g/mol. The molecule has 0 saturated carbocycles. The molecule has 0 aromatic carbocycles. The SMILES string of the molecule is Cn1cnc(Oc2ncc(F)cc2C(=O)O)n1. The van der Waals surface area contributed by atoms with Crippen molar-refractivity contribution in [1.29, 1.82) is 0 Å². The number of ether oxygens (including phenoxy) is 1. The molecular formula is C9H7FN4O3. The number of hydrogen-bond donors (Lipinski definition) is 1. The van der Waals surface area contributed by atoms with Gasteiger partial charge in [0.2, 0.25) is 5.88 Å². The number of carboxylic acid groups (broad SMARTS) is 1. The van der Waals surface area contributed by atoms with Gasteiger partial charge in [-0.25, -0.2) is 14.2 Å². The minimum absolute atomic E-state index is 0.0610. The molecule has 0 aliphatic carbocycles. The van der Waals surface area contributed by atoms with Crippen LogP contribution in [0.15, 0.2) is 18.6 Å². The molecule has 0 aliphatic rings. The minimum atomic E-state index is -1.34. The van der Waals surface area contributed by atoms with Crippen LogP contribution in [0.5, 0.6) is 11.9 Å². The first-order valence-corrected chi connectivity index (χ1v) is 4.48. The molecule has 2 aromatic rings. The largest absolute Gasteiger partial charge is 0.477 e. The molecule has 2 rings (SSSR count). The molecule has 88 valence electrons. The molecule has 1 N–H and O–H groups in total. The van der Waals surface area contributed by atoms with E-state index < -0.39 is 17.3 Å². The van der Waals surface area contributed by atoms with Crippen molar-refractivity contribution in [2.75, 3.05) is 0 Å². The molecule has 0 amide bonds. The van der Waals surface area contributed by atoms with E-state index in [1.165, 1.54) is 11.0 Å². The number of rotatable bonds is 3. The zero-order valence-corrected chi connectivity index (χ0v) is 8.66. The standard InChI is InChI=1S/C9H7FN4O3/c1-14-4-12-9(13-14)17-7-6(8(15)16)2-5(10)3-11-7/h2-4H,1H3,(H,15,16). The zero-order valence-electron chi connectivity index (χ0n) is 8.66. The lowest BCUT2D eigenvalue weighted by molar-refractivity contribution is 0.0692. The van der Waals surface area contributed by atoms with E-state index in [0.29, 0.717) is 0 Å². The van der Waals surface area contributed by atoms with Crippen LogP contribution in [0.2, 0.25) is 0 Å². The highest BCUT2D eigenvalue weighted by Gasteiger charge is 2.16. The summed E-state index contributed by atoms with van der Waals surface area (Å²) in [7, 11) is 1.62. The Morgan fingerprint density at radius 2 is 2.29 bits per heavy atom. The Morgan fingerprint density at radius 3 is 2.88 bits per heavy atom. The summed E-state index contributed by atoms with van der Waals surface area (Å²) in [5, 5.41) is 12.6. The number of aryl methyl sites for hydroxylation is 1. The summed E-state index contributed by atoms with van der Waals surface area (Å²) in [5.41, 5.74) is -0.391. The Kier molecular flexibility index (Phi) is 2.69. The number of aromatic carboxylic acids is 1. The molecule has 0 atom stereocenters. The fourth-order valence-corrected chi connectivity index (χ4v) is 1.11. The lowest BCUT2D eigenvalue weighted by Gasteiger charge is -2.03. The molecule has 7 nitrogen and oxygen atoms in total. The van der Waals surface area contributed by atoms with Crippen LogP contribution in [-0.2, 0) is 7.05 Å². The van der Waals surface area contributed by atoms with Gasteiger partial charge in [-0.1, -0.05) is 0 Å². The molecule has 2 heterocycles. The Morgan fingerprint density at radius 1 is 1.53 bits per heavy atom. The second-order valence-electron chi connectivity index (χ2n) is 3.11. The van der Waals surface area contributed by atoms with Gasteiger partial charge in [-0.3, -0.25) is 4.68 Å². The molecule has 8 heteroatoms. The highest BCUT2D eigenvalue weighted by Crippen LogP contribution is 2.20. The first kappa shape index (κ1) is 11.0. The maximum Gasteiger partial charge on any atom is 0.342 e. The zero-order chi connectivity index (χ0) is 12.4. The van der Waals surface area contributed by atoms with Gasteiger partial charge in [-0.05, 0) is 6.07 Å². The summed E-state index contributed by atoms with van der Waals surface area (Å²) >= 11 is 0. The maximum absolute atomic E-state index is 12.8. The van der Waals surface area contributed by atoms with Crippen molar-refractivity contribution in [3.63, 3.8) is 0 Å². The number of carboxylic acids is 1. The van der Waals surface area contributed by atoms with Crippen molar-refractivity contribution in [1.82, 2.24) is 19.7 Å². The summed E-state index contributed by atoms with van der Waals surface area (Å²) in [6.07, 6.45) is 2.23. The smallest absolute Gasteiger partial charge is 0.342 e. The fraction of sp³-hybridized carbons (Fsp3) is 0.111. The summed E-state index contributed by atoms with van der Waals surface area (Å²) in [4.78, 5) is 18.1. The predicted molar refractivity (Wildman–Crippen MR) is 52.2 cm³/mol. The Labute approximate surface area is 94.5 Å². The molecule has 0 unspecified atom stereocenters. The third-order valence-corrected chi connectivity index (χ3v) is 1.81.